The number of aromatic nitrogens is 2. The van der Waals surface area contributed by atoms with E-state index in [0.717, 1.165) is 25.1 Å². The van der Waals surface area contributed by atoms with E-state index in [1.54, 1.807) is 12.4 Å². The van der Waals surface area contributed by atoms with Gasteiger partial charge in [0.1, 0.15) is 0 Å². The molecule has 0 aliphatic rings. The molecular formula is C9H16N4. The first-order chi connectivity index (χ1) is 6.33. The molecule has 4 heteroatoms. The molecule has 1 atom stereocenters. The van der Waals surface area contributed by atoms with Crippen molar-refractivity contribution in [3.8, 4) is 0 Å². The van der Waals surface area contributed by atoms with E-state index in [4.69, 9.17) is 5.73 Å². The van der Waals surface area contributed by atoms with E-state index in [0.29, 0.717) is 6.04 Å². The van der Waals surface area contributed by atoms with Crippen LogP contribution in [0, 0.1) is 0 Å². The van der Waals surface area contributed by atoms with Gasteiger partial charge in [0.05, 0.1) is 6.20 Å². The molecular weight excluding hydrogens is 164 g/mol. The minimum absolute atomic E-state index is 0.457. The highest BCUT2D eigenvalue weighted by atomic mass is 15.1. The molecule has 13 heavy (non-hydrogen) atoms. The topological polar surface area (TPSA) is 63.8 Å². The summed E-state index contributed by atoms with van der Waals surface area (Å²) in [6.45, 7) is 3.68. The first-order valence-electron chi connectivity index (χ1n) is 4.52. The van der Waals surface area contributed by atoms with Gasteiger partial charge in [0.25, 0.3) is 0 Å². The molecule has 0 aromatic carbocycles. The molecule has 1 aromatic rings. The lowest BCUT2D eigenvalue weighted by atomic mass is 10.2. The van der Waals surface area contributed by atoms with Crippen molar-refractivity contribution in [1.82, 2.24) is 15.5 Å². The maximum Gasteiger partial charge on any atom is 0.0541 e. The van der Waals surface area contributed by atoms with E-state index in [2.05, 4.69) is 22.4 Å². The molecule has 0 aliphatic carbocycles. The van der Waals surface area contributed by atoms with Gasteiger partial charge < -0.3 is 11.1 Å². The Labute approximate surface area is 78.6 Å². The second kappa shape index (κ2) is 5.61. The highest BCUT2D eigenvalue weighted by Crippen LogP contribution is 1.95. The van der Waals surface area contributed by atoms with Gasteiger partial charge in [0, 0.05) is 18.8 Å². The molecule has 3 N–H and O–H groups in total. The molecule has 4 nitrogen and oxygen atoms in total. The molecule has 0 saturated heterocycles. The first-order valence-corrected chi connectivity index (χ1v) is 4.52. The Kier molecular flexibility index (Phi) is 4.35. The van der Waals surface area contributed by atoms with Crippen molar-refractivity contribution >= 4 is 0 Å². The SMILES string of the molecule is CC(CCN)NCc1ccnnc1. The monoisotopic (exact) mass is 180 g/mol. The van der Waals surface area contributed by atoms with Crippen LogP contribution in [0.5, 0.6) is 0 Å². The molecule has 72 valence electrons. The summed E-state index contributed by atoms with van der Waals surface area (Å²) in [6, 6.07) is 2.41. The van der Waals surface area contributed by atoms with Crippen molar-refractivity contribution in [3.05, 3.63) is 24.0 Å². The quantitative estimate of drug-likeness (QED) is 0.684. The van der Waals surface area contributed by atoms with Crippen LogP contribution in [0.1, 0.15) is 18.9 Å². The van der Waals surface area contributed by atoms with Crippen molar-refractivity contribution in [1.29, 1.82) is 0 Å². The summed E-state index contributed by atoms with van der Waals surface area (Å²) in [5.74, 6) is 0. The number of rotatable bonds is 5. The van der Waals surface area contributed by atoms with Crippen molar-refractivity contribution < 1.29 is 0 Å². The largest absolute Gasteiger partial charge is 0.330 e. The Morgan fingerprint density at radius 1 is 1.54 bits per heavy atom. The van der Waals surface area contributed by atoms with Gasteiger partial charge in [-0.2, -0.15) is 10.2 Å². The fourth-order valence-corrected chi connectivity index (χ4v) is 1.07. The molecule has 0 saturated carbocycles. The van der Waals surface area contributed by atoms with Gasteiger partial charge in [-0.15, -0.1) is 0 Å². The zero-order chi connectivity index (χ0) is 9.52. The van der Waals surface area contributed by atoms with Crippen LogP contribution in [-0.4, -0.2) is 22.8 Å². The summed E-state index contributed by atoms with van der Waals surface area (Å²) in [6.07, 6.45) is 4.46. The Morgan fingerprint density at radius 2 is 2.38 bits per heavy atom. The summed E-state index contributed by atoms with van der Waals surface area (Å²) in [7, 11) is 0. The smallest absolute Gasteiger partial charge is 0.0541 e. The molecule has 0 aliphatic heterocycles. The third-order valence-electron chi connectivity index (χ3n) is 1.90. The summed E-state index contributed by atoms with van der Waals surface area (Å²) in [4.78, 5) is 0. The second-order valence-corrected chi connectivity index (χ2v) is 3.11. The number of hydrogen-bond donors (Lipinski definition) is 2. The normalized spacial score (nSPS) is 12.8. The van der Waals surface area contributed by atoms with E-state index in [-0.39, 0.29) is 0 Å². The molecule has 1 heterocycles. The predicted octanol–water partition coefficient (Wildman–Crippen LogP) is 0.303. The number of nitrogens with one attached hydrogen (secondary N) is 1. The minimum Gasteiger partial charge on any atom is -0.330 e. The molecule has 0 spiro atoms. The van der Waals surface area contributed by atoms with Crippen LogP contribution in [0.4, 0.5) is 0 Å². The lowest BCUT2D eigenvalue weighted by Crippen LogP contribution is -2.27. The molecule has 1 aromatic heterocycles. The minimum atomic E-state index is 0.457. The molecule has 0 fully saturated rings. The van der Waals surface area contributed by atoms with Gasteiger partial charge in [0.15, 0.2) is 0 Å². The van der Waals surface area contributed by atoms with E-state index < -0.39 is 0 Å². The highest BCUT2D eigenvalue weighted by Gasteiger charge is 1.99. The molecule has 0 radical (unpaired) electrons. The average molecular weight is 180 g/mol. The van der Waals surface area contributed by atoms with Crippen LogP contribution in [0.15, 0.2) is 18.5 Å². The number of nitrogens with two attached hydrogens (primary N) is 1. The lowest BCUT2D eigenvalue weighted by molar-refractivity contribution is 0.519. The Bertz CT molecular complexity index is 224. The maximum absolute atomic E-state index is 5.44. The molecule has 1 unspecified atom stereocenters. The molecule has 0 bridgehead atoms. The average Bonchev–Trinajstić information content (AvgIpc) is 2.17. The van der Waals surface area contributed by atoms with Crippen LogP contribution in [0.2, 0.25) is 0 Å². The van der Waals surface area contributed by atoms with Crippen LogP contribution in [0.3, 0.4) is 0 Å². The van der Waals surface area contributed by atoms with E-state index in [9.17, 15) is 0 Å². The number of hydrogen-bond acceptors (Lipinski definition) is 4. The van der Waals surface area contributed by atoms with Gasteiger partial charge in [-0.3, -0.25) is 0 Å². The van der Waals surface area contributed by atoms with E-state index >= 15 is 0 Å². The Balaban J connectivity index is 2.27. The van der Waals surface area contributed by atoms with Gasteiger partial charge >= 0.3 is 0 Å². The summed E-state index contributed by atoms with van der Waals surface area (Å²) < 4.78 is 0. The van der Waals surface area contributed by atoms with Gasteiger partial charge in [0.2, 0.25) is 0 Å². The number of nitrogens with zero attached hydrogens (tertiary/aromatic N) is 2. The molecule has 0 amide bonds. The van der Waals surface area contributed by atoms with Crippen LogP contribution in [0.25, 0.3) is 0 Å². The van der Waals surface area contributed by atoms with Gasteiger partial charge in [-0.1, -0.05) is 0 Å². The fraction of sp³-hybridized carbons (Fsp3) is 0.556. The zero-order valence-electron chi connectivity index (χ0n) is 7.90. The summed E-state index contributed by atoms with van der Waals surface area (Å²) in [5, 5.41) is 10.9. The van der Waals surface area contributed by atoms with Crippen LogP contribution >= 0.6 is 0 Å². The Hall–Kier alpha value is -1.00. The van der Waals surface area contributed by atoms with E-state index in [1.165, 1.54) is 0 Å². The highest BCUT2D eigenvalue weighted by molar-refractivity contribution is 5.04. The van der Waals surface area contributed by atoms with Gasteiger partial charge in [-0.05, 0) is 31.5 Å². The zero-order valence-corrected chi connectivity index (χ0v) is 7.90. The van der Waals surface area contributed by atoms with Crippen molar-refractivity contribution in [2.24, 2.45) is 5.73 Å². The third-order valence-corrected chi connectivity index (χ3v) is 1.90. The second-order valence-electron chi connectivity index (χ2n) is 3.11. The molecule has 1 rings (SSSR count). The van der Waals surface area contributed by atoms with Crippen LogP contribution < -0.4 is 11.1 Å². The van der Waals surface area contributed by atoms with Crippen molar-refractivity contribution in [2.75, 3.05) is 6.54 Å². The van der Waals surface area contributed by atoms with Gasteiger partial charge in [-0.25, -0.2) is 0 Å². The lowest BCUT2D eigenvalue weighted by Gasteiger charge is -2.11. The van der Waals surface area contributed by atoms with Crippen LogP contribution in [-0.2, 0) is 6.54 Å². The fourth-order valence-electron chi connectivity index (χ4n) is 1.07. The van der Waals surface area contributed by atoms with Crippen molar-refractivity contribution in [3.63, 3.8) is 0 Å². The standard InChI is InChI=1S/C9H16N4/c1-8(2-4-10)11-6-9-3-5-12-13-7-9/h3,5,7-8,11H,2,4,6,10H2,1H3. The predicted molar refractivity (Wildman–Crippen MR) is 52.0 cm³/mol. The summed E-state index contributed by atoms with van der Waals surface area (Å²) >= 11 is 0. The third kappa shape index (κ3) is 3.96. The summed E-state index contributed by atoms with van der Waals surface area (Å²) in [5.41, 5.74) is 6.59. The van der Waals surface area contributed by atoms with Crippen molar-refractivity contribution in [2.45, 2.75) is 25.9 Å². The Morgan fingerprint density at radius 3 is 3.00 bits per heavy atom. The maximum atomic E-state index is 5.44. The first kappa shape index (κ1) is 10.1. The van der Waals surface area contributed by atoms with E-state index in [1.807, 2.05) is 6.07 Å².